The van der Waals surface area contributed by atoms with Crippen molar-refractivity contribution in [2.24, 2.45) is 4.99 Å². The van der Waals surface area contributed by atoms with Crippen LogP contribution in [-0.2, 0) is 4.79 Å². The molecule has 7 heteroatoms. The predicted molar refractivity (Wildman–Crippen MR) is 68.8 cm³/mol. The first kappa shape index (κ1) is 10.6. The van der Waals surface area contributed by atoms with Crippen molar-refractivity contribution in [3.63, 3.8) is 0 Å². The van der Waals surface area contributed by atoms with Crippen molar-refractivity contribution in [2.75, 3.05) is 5.75 Å². The molecule has 1 amide bonds. The molecule has 0 radical (unpaired) electrons. The van der Waals surface area contributed by atoms with E-state index in [4.69, 9.17) is 11.6 Å². The second-order valence-electron chi connectivity index (χ2n) is 3.48. The smallest absolute Gasteiger partial charge is 0.236 e. The zero-order chi connectivity index (χ0) is 11.8. The molecule has 1 fully saturated rings. The zero-order valence-electron chi connectivity index (χ0n) is 8.53. The molecule has 1 saturated heterocycles. The minimum absolute atomic E-state index is 0.0364. The molecule has 0 spiro atoms. The van der Waals surface area contributed by atoms with Gasteiger partial charge in [0, 0.05) is 0 Å². The van der Waals surface area contributed by atoms with E-state index in [9.17, 15) is 4.79 Å². The average molecular weight is 267 g/mol. The van der Waals surface area contributed by atoms with Gasteiger partial charge in [0.1, 0.15) is 0 Å². The number of halogens is 1. The van der Waals surface area contributed by atoms with Gasteiger partial charge in [-0.25, -0.2) is 9.98 Å². The number of hydrogen-bond donors (Lipinski definition) is 2. The first-order valence-electron chi connectivity index (χ1n) is 4.86. The largest absolute Gasteiger partial charge is 0.345 e. The van der Waals surface area contributed by atoms with Crippen molar-refractivity contribution >= 4 is 51.2 Å². The minimum atomic E-state index is -0.0364. The topological polar surface area (TPSA) is 70.1 Å². The molecule has 1 aromatic heterocycles. The van der Waals surface area contributed by atoms with Gasteiger partial charge < -0.3 is 10.3 Å². The molecule has 0 atom stereocenters. The summed E-state index contributed by atoms with van der Waals surface area (Å²) in [5.74, 6) is 0.368. The highest BCUT2D eigenvalue weighted by Gasteiger charge is 2.17. The lowest BCUT2D eigenvalue weighted by Crippen LogP contribution is -2.19. The van der Waals surface area contributed by atoms with E-state index >= 15 is 0 Å². The van der Waals surface area contributed by atoms with Crippen LogP contribution in [0.1, 0.15) is 0 Å². The molecule has 5 nitrogen and oxygen atoms in total. The Kier molecular flexibility index (Phi) is 2.53. The summed E-state index contributed by atoms with van der Waals surface area (Å²) in [4.78, 5) is 22.4. The Balaban J connectivity index is 2.04. The number of fused-ring (bicyclic) bond motifs is 1. The lowest BCUT2D eigenvalue weighted by atomic mass is 10.3. The molecule has 1 aliphatic heterocycles. The third-order valence-electron chi connectivity index (χ3n) is 2.30. The van der Waals surface area contributed by atoms with Crippen LogP contribution in [0.3, 0.4) is 0 Å². The fraction of sp³-hybridized carbons (Fsp3) is 0.100. The number of carbonyl (C=O) groups excluding carboxylic acids is 1. The van der Waals surface area contributed by atoms with Crippen LogP contribution < -0.4 is 5.32 Å². The molecule has 1 aliphatic rings. The van der Waals surface area contributed by atoms with Crippen LogP contribution in [0.15, 0.2) is 23.5 Å². The lowest BCUT2D eigenvalue weighted by molar-refractivity contribution is -0.116. The summed E-state index contributed by atoms with van der Waals surface area (Å²) in [5.41, 5.74) is 2.26. The fourth-order valence-electron chi connectivity index (χ4n) is 1.53. The summed E-state index contributed by atoms with van der Waals surface area (Å²) in [6, 6.07) is 3.55. The zero-order valence-corrected chi connectivity index (χ0v) is 10.1. The minimum Gasteiger partial charge on any atom is -0.345 e. The van der Waals surface area contributed by atoms with Crippen molar-refractivity contribution in [1.29, 1.82) is 0 Å². The number of amidine groups is 1. The number of rotatable bonds is 1. The normalized spacial score (nSPS) is 17.9. The highest BCUT2D eigenvalue weighted by Crippen LogP contribution is 2.30. The summed E-state index contributed by atoms with van der Waals surface area (Å²) >= 11 is 7.46. The first-order chi connectivity index (χ1) is 8.22. The maximum Gasteiger partial charge on any atom is 0.236 e. The van der Waals surface area contributed by atoms with Gasteiger partial charge in [-0.3, -0.25) is 4.79 Å². The van der Waals surface area contributed by atoms with Crippen molar-refractivity contribution < 1.29 is 4.79 Å². The molecule has 17 heavy (non-hydrogen) atoms. The fourth-order valence-corrected chi connectivity index (χ4v) is 2.42. The van der Waals surface area contributed by atoms with Gasteiger partial charge in [-0.2, -0.15) is 0 Å². The Bertz CT molecular complexity index is 636. The number of thioether (sulfide) groups is 1. The molecule has 2 heterocycles. The molecular weight excluding hydrogens is 260 g/mol. The van der Waals surface area contributed by atoms with Gasteiger partial charge in [0.15, 0.2) is 5.17 Å². The second kappa shape index (κ2) is 4.05. The van der Waals surface area contributed by atoms with Crippen molar-refractivity contribution in [1.82, 2.24) is 15.3 Å². The predicted octanol–water partition coefficient (Wildman–Crippen LogP) is 2.07. The Morgan fingerprint density at radius 1 is 1.47 bits per heavy atom. The van der Waals surface area contributed by atoms with Crippen LogP contribution >= 0.6 is 23.4 Å². The number of imidazole rings is 1. The summed E-state index contributed by atoms with van der Waals surface area (Å²) in [5, 5.41) is 3.76. The Morgan fingerprint density at radius 3 is 3.12 bits per heavy atom. The highest BCUT2D eigenvalue weighted by molar-refractivity contribution is 8.15. The van der Waals surface area contributed by atoms with E-state index in [0.717, 1.165) is 11.0 Å². The number of nitrogens with zero attached hydrogens (tertiary/aromatic N) is 2. The monoisotopic (exact) mass is 266 g/mol. The Morgan fingerprint density at radius 2 is 2.35 bits per heavy atom. The molecule has 1 aromatic carbocycles. The van der Waals surface area contributed by atoms with Crippen LogP contribution in [0.5, 0.6) is 0 Å². The van der Waals surface area contributed by atoms with E-state index in [1.807, 2.05) is 0 Å². The third kappa shape index (κ3) is 2.01. The van der Waals surface area contributed by atoms with E-state index < -0.39 is 0 Å². The molecule has 0 aliphatic carbocycles. The molecule has 3 rings (SSSR count). The number of benzene rings is 1. The average Bonchev–Trinajstić information content (AvgIpc) is 2.88. The molecule has 0 unspecified atom stereocenters. The molecular formula is C10H7ClN4OS. The van der Waals surface area contributed by atoms with Gasteiger partial charge in [-0.05, 0) is 12.1 Å². The quantitative estimate of drug-likeness (QED) is 0.830. The van der Waals surface area contributed by atoms with Crippen LogP contribution in [-0.4, -0.2) is 26.8 Å². The Labute approximate surface area is 106 Å². The van der Waals surface area contributed by atoms with Gasteiger partial charge >= 0.3 is 0 Å². The SMILES string of the molecule is O=C1CSC(=Nc2cc3nc[nH]c3cc2Cl)N1. The number of carbonyl (C=O) groups is 1. The second-order valence-corrected chi connectivity index (χ2v) is 4.85. The van der Waals surface area contributed by atoms with E-state index in [1.54, 1.807) is 18.5 Å². The molecule has 2 aromatic rings. The van der Waals surface area contributed by atoms with E-state index in [0.29, 0.717) is 21.6 Å². The van der Waals surface area contributed by atoms with Crippen LogP contribution in [0.4, 0.5) is 5.69 Å². The van der Waals surface area contributed by atoms with Crippen LogP contribution in [0.25, 0.3) is 11.0 Å². The lowest BCUT2D eigenvalue weighted by Gasteiger charge is -2.00. The van der Waals surface area contributed by atoms with Gasteiger partial charge in [-0.15, -0.1) is 0 Å². The first-order valence-corrected chi connectivity index (χ1v) is 6.23. The summed E-state index contributed by atoms with van der Waals surface area (Å²) in [6.07, 6.45) is 1.60. The van der Waals surface area contributed by atoms with Crippen LogP contribution in [0, 0.1) is 0 Å². The van der Waals surface area contributed by atoms with Gasteiger partial charge in [0.05, 0.1) is 33.8 Å². The highest BCUT2D eigenvalue weighted by atomic mass is 35.5. The molecule has 86 valence electrons. The number of amides is 1. The van der Waals surface area contributed by atoms with Gasteiger partial charge in [-0.1, -0.05) is 23.4 Å². The molecule has 2 N–H and O–H groups in total. The number of H-pyrrole nitrogens is 1. The van der Waals surface area contributed by atoms with Crippen LogP contribution in [0.2, 0.25) is 5.02 Å². The third-order valence-corrected chi connectivity index (χ3v) is 3.47. The van der Waals surface area contributed by atoms with E-state index in [1.165, 1.54) is 11.8 Å². The Hall–Kier alpha value is -1.53. The summed E-state index contributed by atoms with van der Waals surface area (Å²) in [7, 11) is 0. The number of aromatic amines is 1. The van der Waals surface area contributed by atoms with E-state index in [-0.39, 0.29) is 5.91 Å². The summed E-state index contributed by atoms with van der Waals surface area (Å²) in [6.45, 7) is 0. The van der Waals surface area contributed by atoms with Gasteiger partial charge in [0.2, 0.25) is 5.91 Å². The van der Waals surface area contributed by atoms with Crippen molar-refractivity contribution in [2.45, 2.75) is 0 Å². The number of aromatic nitrogens is 2. The number of aliphatic imine (C=N–C) groups is 1. The van der Waals surface area contributed by atoms with E-state index in [2.05, 4.69) is 20.3 Å². The molecule has 0 bridgehead atoms. The van der Waals surface area contributed by atoms with Crippen molar-refractivity contribution in [3.8, 4) is 0 Å². The maximum atomic E-state index is 11.0. The standard InChI is InChI=1S/C10H7ClN4OS/c11-5-1-7-8(13-4-12-7)2-6(5)14-10-15-9(16)3-17-10/h1-2,4H,3H2,(H,12,13)(H,14,15,16). The molecule has 0 saturated carbocycles. The number of nitrogens with one attached hydrogen (secondary N) is 2. The number of hydrogen-bond acceptors (Lipinski definition) is 4. The maximum absolute atomic E-state index is 11.0. The summed E-state index contributed by atoms with van der Waals surface area (Å²) < 4.78 is 0. The van der Waals surface area contributed by atoms with Crippen molar-refractivity contribution in [3.05, 3.63) is 23.5 Å². The van der Waals surface area contributed by atoms with Gasteiger partial charge in [0.25, 0.3) is 0 Å².